The highest BCUT2D eigenvalue weighted by molar-refractivity contribution is 6.34. The van der Waals surface area contributed by atoms with Crippen molar-refractivity contribution in [2.24, 2.45) is 0 Å². The van der Waals surface area contributed by atoms with Gasteiger partial charge in [-0.3, -0.25) is 0 Å². The Bertz CT molecular complexity index is 235. The van der Waals surface area contributed by atoms with Crippen LogP contribution in [0.1, 0.15) is 19.8 Å². The van der Waals surface area contributed by atoms with Crippen molar-refractivity contribution in [3.63, 3.8) is 0 Å². The van der Waals surface area contributed by atoms with Crippen molar-refractivity contribution >= 4 is 15.4 Å². The lowest BCUT2D eigenvalue weighted by Crippen LogP contribution is -2.09. The summed E-state index contributed by atoms with van der Waals surface area (Å²) < 4.78 is 5.61. The Labute approximate surface area is 77.2 Å². The molecule has 0 saturated heterocycles. The number of hydrogen-bond donors (Lipinski definition) is 0. The Kier molecular flexibility index (Phi) is 3.87. The molecule has 0 aliphatic carbocycles. The molecule has 0 heterocycles. The molecular formula is C10H16OSi. The van der Waals surface area contributed by atoms with Crippen LogP contribution in [0.3, 0.4) is 0 Å². The number of hydrogen-bond acceptors (Lipinski definition) is 1. The molecule has 0 fully saturated rings. The van der Waals surface area contributed by atoms with Crippen LogP contribution in [0.4, 0.5) is 0 Å². The Morgan fingerprint density at radius 3 is 2.75 bits per heavy atom. The van der Waals surface area contributed by atoms with Gasteiger partial charge in [0.1, 0.15) is 5.75 Å². The fourth-order valence-corrected chi connectivity index (χ4v) is 1.55. The first kappa shape index (κ1) is 9.33. The Hall–Kier alpha value is -0.763. The van der Waals surface area contributed by atoms with Crippen LogP contribution in [0, 0.1) is 0 Å². The first-order valence-electron chi connectivity index (χ1n) is 4.53. The second-order valence-corrected chi connectivity index (χ2v) is 4.04. The van der Waals surface area contributed by atoms with E-state index in [0.29, 0.717) is 0 Å². The van der Waals surface area contributed by atoms with E-state index < -0.39 is 0 Å². The Morgan fingerprint density at radius 1 is 1.33 bits per heavy atom. The third-order valence-electron chi connectivity index (χ3n) is 1.85. The highest BCUT2D eigenvalue weighted by atomic mass is 28.1. The Balaban J connectivity index is 2.46. The summed E-state index contributed by atoms with van der Waals surface area (Å²) in [6, 6.07) is 8.28. The molecule has 0 spiro atoms. The maximum absolute atomic E-state index is 5.61. The number of ether oxygens (including phenoxy) is 1. The lowest BCUT2D eigenvalue weighted by Gasteiger charge is -2.07. The summed E-state index contributed by atoms with van der Waals surface area (Å²) in [4.78, 5) is 0. The largest absolute Gasteiger partial charge is 0.494 e. The molecule has 0 amide bonds. The molecule has 0 atom stereocenters. The summed E-state index contributed by atoms with van der Waals surface area (Å²) in [5, 5.41) is 1.36. The van der Waals surface area contributed by atoms with Gasteiger partial charge in [-0.15, -0.1) is 0 Å². The molecule has 0 aromatic heterocycles. The van der Waals surface area contributed by atoms with Crippen molar-refractivity contribution in [3.05, 3.63) is 24.3 Å². The van der Waals surface area contributed by atoms with Gasteiger partial charge in [0.05, 0.1) is 6.61 Å². The van der Waals surface area contributed by atoms with Crippen molar-refractivity contribution in [3.8, 4) is 5.75 Å². The van der Waals surface area contributed by atoms with E-state index >= 15 is 0 Å². The van der Waals surface area contributed by atoms with E-state index in [1.807, 2.05) is 6.07 Å². The fourth-order valence-electron chi connectivity index (χ4n) is 1.04. The van der Waals surface area contributed by atoms with Crippen LogP contribution in [-0.4, -0.2) is 16.8 Å². The molecule has 0 aliphatic heterocycles. The van der Waals surface area contributed by atoms with Crippen LogP contribution < -0.4 is 9.92 Å². The molecule has 1 aromatic carbocycles. The summed E-state index contributed by atoms with van der Waals surface area (Å²) in [6.45, 7) is 3.03. The lowest BCUT2D eigenvalue weighted by atomic mass is 10.3. The highest BCUT2D eigenvalue weighted by Crippen LogP contribution is 2.05. The SMILES string of the molecule is CCCCOc1ccccc1[SiH3]. The van der Waals surface area contributed by atoms with Gasteiger partial charge in [0, 0.05) is 10.2 Å². The Morgan fingerprint density at radius 2 is 2.08 bits per heavy atom. The molecule has 0 radical (unpaired) electrons. The van der Waals surface area contributed by atoms with Gasteiger partial charge in [-0.25, -0.2) is 0 Å². The van der Waals surface area contributed by atoms with Crippen LogP contribution in [0.2, 0.25) is 0 Å². The topological polar surface area (TPSA) is 9.23 Å². The van der Waals surface area contributed by atoms with Gasteiger partial charge in [0.2, 0.25) is 0 Å². The number of unbranched alkanes of at least 4 members (excludes halogenated alkanes) is 1. The molecule has 0 saturated carbocycles. The monoisotopic (exact) mass is 180 g/mol. The van der Waals surface area contributed by atoms with Gasteiger partial charge in [-0.05, 0) is 17.7 Å². The summed E-state index contributed by atoms with van der Waals surface area (Å²) in [5.74, 6) is 1.08. The van der Waals surface area contributed by atoms with Crippen molar-refractivity contribution in [1.82, 2.24) is 0 Å². The van der Waals surface area contributed by atoms with E-state index in [2.05, 4.69) is 25.1 Å². The van der Waals surface area contributed by atoms with Gasteiger partial charge in [-0.1, -0.05) is 31.5 Å². The fraction of sp³-hybridized carbons (Fsp3) is 0.400. The van der Waals surface area contributed by atoms with E-state index in [1.165, 1.54) is 11.6 Å². The van der Waals surface area contributed by atoms with Gasteiger partial charge >= 0.3 is 0 Å². The molecule has 0 bridgehead atoms. The van der Waals surface area contributed by atoms with E-state index in [1.54, 1.807) is 0 Å². The molecule has 0 N–H and O–H groups in total. The van der Waals surface area contributed by atoms with Crippen LogP contribution in [0.25, 0.3) is 0 Å². The van der Waals surface area contributed by atoms with Gasteiger partial charge in [0.15, 0.2) is 0 Å². The summed E-state index contributed by atoms with van der Waals surface area (Å²) in [6.07, 6.45) is 2.35. The zero-order chi connectivity index (χ0) is 8.81. The maximum Gasteiger partial charge on any atom is 0.117 e. The zero-order valence-corrected chi connectivity index (χ0v) is 9.84. The van der Waals surface area contributed by atoms with Gasteiger partial charge in [-0.2, -0.15) is 0 Å². The third kappa shape index (κ3) is 2.70. The molecule has 0 unspecified atom stereocenters. The van der Waals surface area contributed by atoms with Crippen molar-refractivity contribution in [2.45, 2.75) is 19.8 Å². The molecule has 12 heavy (non-hydrogen) atoms. The minimum atomic E-state index is 0.857. The first-order valence-corrected chi connectivity index (χ1v) is 5.53. The molecule has 0 aliphatic rings. The average molecular weight is 180 g/mol. The quantitative estimate of drug-likeness (QED) is 0.493. The number of benzene rings is 1. The van der Waals surface area contributed by atoms with Crippen LogP contribution in [0.15, 0.2) is 24.3 Å². The molecule has 1 rings (SSSR count). The number of para-hydroxylation sites is 1. The minimum Gasteiger partial charge on any atom is -0.494 e. The molecule has 1 aromatic rings. The molecular weight excluding hydrogens is 164 g/mol. The minimum absolute atomic E-state index is 0.857. The summed E-state index contributed by atoms with van der Waals surface area (Å²) in [5.41, 5.74) is 0. The van der Waals surface area contributed by atoms with Crippen molar-refractivity contribution < 1.29 is 4.74 Å². The third-order valence-corrected chi connectivity index (χ3v) is 2.68. The maximum atomic E-state index is 5.61. The first-order chi connectivity index (χ1) is 5.84. The number of rotatable bonds is 4. The predicted octanol–water partition coefficient (Wildman–Crippen LogP) is 0.856. The second kappa shape index (κ2) is 4.98. The van der Waals surface area contributed by atoms with Crippen LogP contribution >= 0.6 is 0 Å². The smallest absolute Gasteiger partial charge is 0.117 e. The zero-order valence-electron chi connectivity index (χ0n) is 7.84. The van der Waals surface area contributed by atoms with Crippen molar-refractivity contribution in [1.29, 1.82) is 0 Å². The van der Waals surface area contributed by atoms with E-state index in [0.717, 1.165) is 29.0 Å². The standard InChI is InChI=1S/C10H16OSi/c1-2-3-8-11-9-6-4-5-7-10(9)12/h4-7H,2-3,8H2,1,12H3. The van der Waals surface area contributed by atoms with Crippen molar-refractivity contribution in [2.75, 3.05) is 6.61 Å². The van der Waals surface area contributed by atoms with E-state index in [9.17, 15) is 0 Å². The second-order valence-electron chi connectivity index (χ2n) is 2.97. The summed E-state index contributed by atoms with van der Waals surface area (Å²) in [7, 11) is 1.07. The molecule has 66 valence electrons. The molecule has 1 nitrogen and oxygen atoms in total. The van der Waals surface area contributed by atoms with E-state index in [4.69, 9.17) is 4.74 Å². The predicted molar refractivity (Wildman–Crippen MR) is 56.4 cm³/mol. The van der Waals surface area contributed by atoms with Crippen LogP contribution in [-0.2, 0) is 0 Å². The van der Waals surface area contributed by atoms with Gasteiger partial charge < -0.3 is 4.74 Å². The summed E-state index contributed by atoms with van der Waals surface area (Å²) >= 11 is 0. The lowest BCUT2D eigenvalue weighted by molar-refractivity contribution is 0.312. The highest BCUT2D eigenvalue weighted by Gasteiger charge is 1.95. The average Bonchev–Trinajstić information content (AvgIpc) is 2.09. The van der Waals surface area contributed by atoms with Crippen LogP contribution in [0.5, 0.6) is 5.75 Å². The van der Waals surface area contributed by atoms with E-state index in [-0.39, 0.29) is 0 Å². The molecule has 2 heteroatoms. The van der Waals surface area contributed by atoms with Gasteiger partial charge in [0.25, 0.3) is 0 Å². The normalized spacial score (nSPS) is 10.1.